The third kappa shape index (κ3) is 3.38. The van der Waals surface area contributed by atoms with Gasteiger partial charge in [0.1, 0.15) is 19.2 Å². The van der Waals surface area contributed by atoms with Crippen molar-refractivity contribution >= 4 is 17.5 Å². The molecule has 0 radical (unpaired) electrons. The third-order valence-corrected chi connectivity index (χ3v) is 2.97. The molecule has 11 heteroatoms. The van der Waals surface area contributed by atoms with Crippen molar-refractivity contribution in [3.8, 4) is 5.95 Å². The van der Waals surface area contributed by atoms with Crippen molar-refractivity contribution in [2.75, 3.05) is 11.4 Å². The highest BCUT2D eigenvalue weighted by Gasteiger charge is 2.39. The Morgan fingerprint density at radius 3 is 2.62 bits per heavy atom. The minimum absolute atomic E-state index is 0.0234. The smallest absolute Gasteiger partial charge is 0.329 e. The molecule has 0 N–H and O–H groups in total. The number of alkyl halides is 3. The summed E-state index contributed by atoms with van der Waals surface area (Å²) in [5.74, 6) is -0.0874. The average molecular weight is 320 g/mol. The molecule has 0 atom stereocenters. The van der Waals surface area contributed by atoms with Gasteiger partial charge in [-0.15, -0.1) is 0 Å². The molecule has 0 aromatic carbocycles. The molecule has 0 aliphatic heterocycles. The Morgan fingerprint density at radius 2 is 2.05 bits per heavy atom. The van der Waals surface area contributed by atoms with Gasteiger partial charge >= 0.3 is 6.18 Å². The van der Waals surface area contributed by atoms with Gasteiger partial charge < -0.3 is 4.90 Å². The SMILES string of the molecule is FC(F)(F)CN(c1nc(Cl)nc(-n2cncn2)n1)C1CC1. The first-order chi connectivity index (χ1) is 9.92. The van der Waals surface area contributed by atoms with Gasteiger partial charge in [0.15, 0.2) is 0 Å². The number of aromatic nitrogens is 6. The van der Waals surface area contributed by atoms with E-state index in [1.54, 1.807) is 0 Å². The molecule has 0 bridgehead atoms. The van der Waals surface area contributed by atoms with Gasteiger partial charge in [-0.1, -0.05) is 0 Å². The van der Waals surface area contributed by atoms with Gasteiger partial charge in [-0.05, 0) is 24.4 Å². The first kappa shape index (κ1) is 14.0. The molecule has 1 saturated carbocycles. The number of rotatable bonds is 4. The molecule has 1 fully saturated rings. The summed E-state index contributed by atoms with van der Waals surface area (Å²) in [6.07, 6.45) is -0.447. The summed E-state index contributed by atoms with van der Waals surface area (Å²) in [6.45, 7) is -1.13. The fourth-order valence-corrected chi connectivity index (χ4v) is 1.97. The number of hydrogen-bond donors (Lipinski definition) is 0. The van der Waals surface area contributed by atoms with E-state index in [9.17, 15) is 13.2 Å². The monoisotopic (exact) mass is 319 g/mol. The minimum Gasteiger partial charge on any atom is -0.329 e. The van der Waals surface area contributed by atoms with Crippen molar-refractivity contribution in [3.05, 3.63) is 17.9 Å². The summed E-state index contributed by atoms with van der Waals surface area (Å²) >= 11 is 5.78. The Hall–Kier alpha value is -1.97. The summed E-state index contributed by atoms with van der Waals surface area (Å²) in [6, 6.07) is -0.228. The maximum atomic E-state index is 12.7. The lowest BCUT2D eigenvalue weighted by Gasteiger charge is -2.23. The fraction of sp³-hybridized carbons (Fsp3) is 0.500. The van der Waals surface area contributed by atoms with Crippen LogP contribution in [0, 0.1) is 0 Å². The van der Waals surface area contributed by atoms with E-state index in [4.69, 9.17) is 11.6 Å². The normalized spacial score (nSPS) is 15.2. The topological polar surface area (TPSA) is 72.6 Å². The molecule has 112 valence electrons. The van der Waals surface area contributed by atoms with Gasteiger partial charge in [-0.2, -0.15) is 37.9 Å². The van der Waals surface area contributed by atoms with Gasteiger partial charge in [0.05, 0.1) is 0 Å². The van der Waals surface area contributed by atoms with E-state index in [0.29, 0.717) is 12.8 Å². The first-order valence-corrected chi connectivity index (χ1v) is 6.40. The maximum Gasteiger partial charge on any atom is 0.406 e. The predicted molar refractivity (Wildman–Crippen MR) is 66.2 cm³/mol. The molecule has 1 aliphatic carbocycles. The fourth-order valence-electron chi connectivity index (χ4n) is 1.81. The van der Waals surface area contributed by atoms with E-state index in [0.717, 1.165) is 4.90 Å². The van der Waals surface area contributed by atoms with Crippen molar-refractivity contribution in [2.24, 2.45) is 0 Å². The number of anilines is 1. The largest absolute Gasteiger partial charge is 0.406 e. The van der Waals surface area contributed by atoms with Crippen LogP contribution in [-0.4, -0.2) is 48.5 Å². The van der Waals surface area contributed by atoms with Crippen molar-refractivity contribution in [1.82, 2.24) is 29.7 Å². The van der Waals surface area contributed by atoms with E-state index in [1.165, 1.54) is 17.3 Å². The van der Waals surface area contributed by atoms with Crippen LogP contribution in [0.4, 0.5) is 19.1 Å². The molecule has 2 aromatic rings. The van der Waals surface area contributed by atoms with Crippen LogP contribution in [0.5, 0.6) is 0 Å². The Balaban J connectivity index is 1.96. The molecule has 0 saturated heterocycles. The Bertz CT molecular complexity index is 626. The zero-order chi connectivity index (χ0) is 15.0. The zero-order valence-corrected chi connectivity index (χ0v) is 11.3. The van der Waals surface area contributed by atoms with Crippen molar-refractivity contribution in [3.63, 3.8) is 0 Å². The highest BCUT2D eigenvalue weighted by Crippen LogP contribution is 2.33. The van der Waals surface area contributed by atoms with Crippen LogP contribution in [0.1, 0.15) is 12.8 Å². The second kappa shape index (κ2) is 5.10. The van der Waals surface area contributed by atoms with E-state index < -0.39 is 12.7 Å². The molecule has 2 aromatic heterocycles. The standard InChI is InChI=1S/C10H9ClF3N7/c11-7-17-8(19-9(18-7)21-5-15-4-16-21)20(6-1-2-6)3-10(12,13)14/h4-6H,1-3H2. The molecular formula is C10H9ClF3N7. The Kier molecular flexibility index (Phi) is 3.40. The second-order valence-corrected chi connectivity index (χ2v) is 4.86. The minimum atomic E-state index is -4.35. The summed E-state index contributed by atoms with van der Waals surface area (Å²) in [7, 11) is 0. The van der Waals surface area contributed by atoms with Crippen LogP contribution in [0.2, 0.25) is 5.28 Å². The molecule has 0 unspecified atom stereocenters. The second-order valence-electron chi connectivity index (χ2n) is 4.52. The van der Waals surface area contributed by atoms with Gasteiger partial charge in [0, 0.05) is 6.04 Å². The van der Waals surface area contributed by atoms with Crippen molar-refractivity contribution < 1.29 is 13.2 Å². The first-order valence-electron chi connectivity index (χ1n) is 6.02. The van der Waals surface area contributed by atoms with Crippen LogP contribution in [0.15, 0.2) is 12.7 Å². The van der Waals surface area contributed by atoms with Gasteiger partial charge in [-0.3, -0.25) is 0 Å². The van der Waals surface area contributed by atoms with Crippen molar-refractivity contribution in [1.29, 1.82) is 0 Å². The van der Waals surface area contributed by atoms with Crippen LogP contribution >= 0.6 is 11.6 Å². The molecule has 3 rings (SSSR count). The summed E-state index contributed by atoms with van der Waals surface area (Å²) < 4.78 is 39.2. The summed E-state index contributed by atoms with van der Waals surface area (Å²) in [5, 5.41) is 3.62. The third-order valence-electron chi connectivity index (χ3n) is 2.80. The lowest BCUT2D eigenvalue weighted by atomic mass is 10.5. The van der Waals surface area contributed by atoms with Gasteiger partial charge in [0.2, 0.25) is 11.2 Å². The van der Waals surface area contributed by atoms with E-state index in [-0.39, 0.29) is 23.2 Å². The average Bonchev–Trinajstić information content (AvgIpc) is 3.08. The van der Waals surface area contributed by atoms with Crippen molar-refractivity contribution in [2.45, 2.75) is 25.1 Å². The summed E-state index contributed by atoms with van der Waals surface area (Å²) in [5.41, 5.74) is 0. The Morgan fingerprint density at radius 1 is 1.29 bits per heavy atom. The number of nitrogens with zero attached hydrogens (tertiary/aromatic N) is 7. The quantitative estimate of drug-likeness (QED) is 0.853. The van der Waals surface area contributed by atoms with E-state index in [2.05, 4.69) is 25.0 Å². The van der Waals surface area contributed by atoms with E-state index in [1.807, 2.05) is 0 Å². The highest BCUT2D eigenvalue weighted by atomic mass is 35.5. The van der Waals surface area contributed by atoms with Gasteiger partial charge in [-0.25, -0.2) is 4.98 Å². The van der Waals surface area contributed by atoms with E-state index >= 15 is 0 Å². The highest BCUT2D eigenvalue weighted by molar-refractivity contribution is 6.28. The Labute approximate surface area is 121 Å². The number of halogens is 4. The van der Waals surface area contributed by atoms with Crippen LogP contribution in [0.3, 0.4) is 0 Å². The molecule has 1 aliphatic rings. The molecule has 7 nitrogen and oxygen atoms in total. The lowest BCUT2D eigenvalue weighted by molar-refractivity contribution is -0.120. The molecule has 21 heavy (non-hydrogen) atoms. The van der Waals surface area contributed by atoms with Crippen LogP contribution < -0.4 is 4.90 Å². The van der Waals surface area contributed by atoms with Crippen LogP contribution in [0.25, 0.3) is 5.95 Å². The molecule has 0 amide bonds. The molecule has 0 spiro atoms. The lowest BCUT2D eigenvalue weighted by Crippen LogP contribution is -2.37. The zero-order valence-electron chi connectivity index (χ0n) is 10.5. The summed E-state index contributed by atoms with van der Waals surface area (Å²) in [4.78, 5) is 16.4. The number of hydrogen-bond acceptors (Lipinski definition) is 6. The predicted octanol–water partition coefficient (Wildman–Crippen LogP) is 1.64. The van der Waals surface area contributed by atoms with Gasteiger partial charge in [0.25, 0.3) is 5.95 Å². The maximum absolute atomic E-state index is 12.7. The van der Waals surface area contributed by atoms with Crippen LogP contribution in [-0.2, 0) is 0 Å². The molecular weight excluding hydrogens is 311 g/mol. The molecule has 2 heterocycles.